The van der Waals surface area contributed by atoms with Crippen molar-refractivity contribution in [2.75, 3.05) is 70.6 Å². The molecule has 1 atom stereocenters. The molecule has 4 rings (SSSR count). The Bertz CT molecular complexity index is 1120. The second-order valence-corrected chi connectivity index (χ2v) is 12.1. The molecule has 42 heavy (non-hydrogen) atoms. The minimum absolute atomic E-state index is 0.00529. The second kappa shape index (κ2) is 15.8. The van der Waals surface area contributed by atoms with Crippen LogP contribution in [0.25, 0.3) is 0 Å². The fraction of sp³-hybridized carbons (Fsp3) is 0.633. The highest BCUT2D eigenvalue weighted by molar-refractivity contribution is 6.30. The number of hydrogen-bond donors (Lipinski definition) is 4. The van der Waals surface area contributed by atoms with Gasteiger partial charge >= 0.3 is 0 Å². The van der Waals surface area contributed by atoms with Crippen LogP contribution in [0.3, 0.4) is 0 Å². The van der Waals surface area contributed by atoms with Crippen molar-refractivity contribution in [2.24, 2.45) is 17.3 Å². The third-order valence-corrected chi connectivity index (χ3v) is 8.67. The Kier molecular flexibility index (Phi) is 12.1. The molecule has 0 saturated carbocycles. The number of aromatic nitrogens is 2. The lowest BCUT2D eigenvalue weighted by molar-refractivity contribution is -0.129. The summed E-state index contributed by atoms with van der Waals surface area (Å²) in [6.45, 7) is 3.42. The maximum atomic E-state index is 14.8. The normalized spacial score (nSPS) is 18.1. The summed E-state index contributed by atoms with van der Waals surface area (Å²) in [5.41, 5.74) is -0.613. The summed E-state index contributed by atoms with van der Waals surface area (Å²) in [7, 11) is 0. The molecule has 232 valence electrons. The van der Waals surface area contributed by atoms with Crippen LogP contribution in [0.15, 0.2) is 30.6 Å². The lowest BCUT2D eigenvalue weighted by Gasteiger charge is -2.31. The largest absolute Gasteiger partial charge is 0.493 e. The quantitative estimate of drug-likeness (QED) is 0.225. The van der Waals surface area contributed by atoms with Crippen LogP contribution in [0, 0.1) is 23.1 Å². The fourth-order valence-electron chi connectivity index (χ4n) is 5.57. The molecule has 1 amide bonds. The van der Waals surface area contributed by atoms with Crippen molar-refractivity contribution in [3.05, 3.63) is 47.0 Å². The van der Waals surface area contributed by atoms with Gasteiger partial charge in [0.2, 0.25) is 11.9 Å². The predicted molar refractivity (Wildman–Crippen MR) is 158 cm³/mol. The number of likely N-dealkylation sites (tertiary alicyclic amines) is 1. The molecule has 1 aromatic heterocycles. The number of carbonyl (C=O) groups is 1. The number of halogens is 2. The number of ether oxygens (including phenoxy) is 1. The molecule has 2 aliphatic rings. The molecule has 0 spiro atoms. The van der Waals surface area contributed by atoms with Gasteiger partial charge in [-0.25, -0.2) is 14.4 Å². The van der Waals surface area contributed by atoms with Crippen LogP contribution in [0.1, 0.15) is 37.7 Å². The highest BCUT2D eigenvalue weighted by Gasteiger charge is 2.30. The summed E-state index contributed by atoms with van der Waals surface area (Å²) in [4.78, 5) is 25.4. The highest BCUT2D eigenvalue weighted by Crippen LogP contribution is 2.25. The van der Waals surface area contributed by atoms with E-state index in [4.69, 9.17) is 16.3 Å². The van der Waals surface area contributed by atoms with E-state index in [1.54, 1.807) is 29.4 Å². The van der Waals surface area contributed by atoms with Gasteiger partial charge in [-0.05, 0) is 62.1 Å². The third-order valence-electron chi connectivity index (χ3n) is 8.47. The Balaban J connectivity index is 1.12. The molecule has 2 aliphatic heterocycles. The van der Waals surface area contributed by atoms with Crippen molar-refractivity contribution in [3.8, 4) is 5.75 Å². The van der Waals surface area contributed by atoms with Crippen LogP contribution in [0.2, 0.25) is 5.02 Å². The summed E-state index contributed by atoms with van der Waals surface area (Å²) >= 11 is 5.88. The Morgan fingerprint density at radius 3 is 2.43 bits per heavy atom. The van der Waals surface area contributed by atoms with Gasteiger partial charge < -0.3 is 35.2 Å². The molecule has 10 nitrogen and oxygen atoms in total. The van der Waals surface area contributed by atoms with Gasteiger partial charge in [0, 0.05) is 38.8 Å². The first-order valence-electron chi connectivity index (χ1n) is 14.8. The zero-order valence-corrected chi connectivity index (χ0v) is 24.8. The van der Waals surface area contributed by atoms with Gasteiger partial charge in [0.15, 0.2) is 0 Å². The standard InChI is InChI=1S/C30H43ClFN5O5/c31-25-15-34-29(35-16-25)36-8-5-22(6-9-36)2-1-11-42-26-4-3-24(27(32)13-26)12-28(41)37-10-7-23(17-37)14-33-18-30(19-38,20-39)21-40/h3-4,13,15-16,22-23,33,38-40H,1-2,5-12,14,17-21H2/t23-/m0/s1. The smallest absolute Gasteiger partial charge is 0.227 e. The van der Waals surface area contributed by atoms with Gasteiger partial charge in [-0.3, -0.25) is 4.79 Å². The van der Waals surface area contributed by atoms with Crippen molar-refractivity contribution in [1.82, 2.24) is 20.2 Å². The number of rotatable bonds is 15. The summed E-state index contributed by atoms with van der Waals surface area (Å²) in [5, 5.41) is 32.1. The molecule has 1 aromatic carbocycles. The zero-order chi connectivity index (χ0) is 30.0. The maximum Gasteiger partial charge on any atom is 0.227 e. The number of piperidine rings is 1. The molecule has 3 heterocycles. The Morgan fingerprint density at radius 1 is 1.07 bits per heavy atom. The van der Waals surface area contributed by atoms with Crippen LogP contribution in [0.4, 0.5) is 10.3 Å². The summed E-state index contributed by atoms with van der Waals surface area (Å²) < 4.78 is 20.6. The number of benzene rings is 1. The topological polar surface area (TPSA) is 131 Å². The number of amides is 1. The molecule has 0 aliphatic carbocycles. The van der Waals surface area contributed by atoms with Gasteiger partial charge in [0.1, 0.15) is 11.6 Å². The lowest BCUT2D eigenvalue weighted by atomic mass is 9.91. The first-order valence-corrected chi connectivity index (χ1v) is 15.2. The number of aliphatic hydroxyl groups is 3. The predicted octanol–water partition coefficient (Wildman–Crippen LogP) is 2.29. The van der Waals surface area contributed by atoms with E-state index in [1.807, 2.05) is 0 Å². The van der Waals surface area contributed by atoms with Gasteiger partial charge in [-0.2, -0.15) is 0 Å². The van der Waals surface area contributed by atoms with E-state index in [9.17, 15) is 24.5 Å². The SMILES string of the molecule is O=C(Cc1ccc(OCCCC2CCN(c3ncc(Cl)cn3)CC2)cc1F)N1CC[C@@H](CNCC(CO)(CO)CO)C1. The number of carbonyl (C=O) groups excluding carboxylic acids is 1. The molecule has 0 radical (unpaired) electrons. The van der Waals surface area contributed by atoms with Crippen molar-refractivity contribution in [2.45, 2.75) is 38.5 Å². The van der Waals surface area contributed by atoms with E-state index < -0.39 is 11.2 Å². The monoisotopic (exact) mass is 607 g/mol. The highest BCUT2D eigenvalue weighted by atomic mass is 35.5. The van der Waals surface area contributed by atoms with E-state index in [1.165, 1.54) is 6.07 Å². The molecule has 2 saturated heterocycles. The molecule has 2 aromatic rings. The van der Waals surface area contributed by atoms with E-state index in [2.05, 4.69) is 20.2 Å². The summed E-state index contributed by atoms with van der Waals surface area (Å²) in [5.74, 6) is 1.45. The molecule has 2 fully saturated rings. The first-order chi connectivity index (χ1) is 20.3. The zero-order valence-electron chi connectivity index (χ0n) is 24.1. The molecule has 0 unspecified atom stereocenters. The van der Waals surface area contributed by atoms with Gasteiger partial charge in [0.25, 0.3) is 0 Å². The average molecular weight is 608 g/mol. The number of anilines is 1. The molecule has 12 heteroatoms. The molecule has 4 N–H and O–H groups in total. The number of nitrogens with one attached hydrogen (secondary N) is 1. The minimum Gasteiger partial charge on any atom is -0.493 e. The number of aliphatic hydroxyl groups excluding tert-OH is 3. The van der Waals surface area contributed by atoms with Crippen LogP contribution in [-0.2, 0) is 11.2 Å². The van der Waals surface area contributed by atoms with Crippen LogP contribution in [-0.4, -0.2) is 102 Å². The second-order valence-electron chi connectivity index (χ2n) is 11.7. The Hall–Kier alpha value is -2.57. The molecule has 0 bridgehead atoms. The maximum absolute atomic E-state index is 14.8. The summed E-state index contributed by atoms with van der Waals surface area (Å²) in [6.07, 6.45) is 8.11. The first kappa shape index (κ1) is 32.3. The van der Waals surface area contributed by atoms with E-state index in [0.717, 1.165) is 51.1 Å². The molecular formula is C30H43ClFN5O5. The van der Waals surface area contributed by atoms with E-state index in [0.29, 0.717) is 48.5 Å². The minimum atomic E-state index is -0.964. The van der Waals surface area contributed by atoms with Crippen LogP contribution in [0.5, 0.6) is 5.75 Å². The van der Waals surface area contributed by atoms with E-state index >= 15 is 0 Å². The fourth-order valence-corrected chi connectivity index (χ4v) is 5.67. The van der Waals surface area contributed by atoms with Crippen molar-refractivity contribution in [1.29, 1.82) is 0 Å². The Morgan fingerprint density at radius 2 is 1.76 bits per heavy atom. The van der Waals surface area contributed by atoms with Gasteiger partial charge in [-0.15, -0.1) is 0 Å². The Labute approximate surface area is 251 Å². The number of nitrogens with zero attached hydrogens (tertiary/aromatic N) is 4. The van der Waals surface area contributed by atoms with Crippen molar-refractivity contribution < 1.29 is 29.2 Å². The summed E-state index contributed by atoms with van der Waals surface area (Å²) in [6, 6.07) is 4.72. The van der Waals surface area contributed by atoms with Crippen molar-refractivity contribution >= 4 is 23.5 Å². The van der Waals surface area contributed by atoms with Crippen LogP contribution < -0.4 is 15.0 Å². The third kappa shape index (κ3) is 8.97. The average Bonchev–Trinajstić information content (AvgIpc) is 3.49. The van der Waals surface area contributed by atoms with Gasteiger partial charge in [-0.1, -0.05) is 17.7 Å². The van der Waals surface area contributed by atoms with Crippen LogP contribution >= 0.6 is 11.6 Å². The number of hydrogen-bond acceptors (Lipinski definition) is 9. The van der Waals surface area contributed by atoms with Crippen molar-refractivity contribution in [3.63, 3.8) is 0 Å². The lowest BCUT2D eigenvalue weighted by Crippen LogP contribution is -2.44. The molecular weight excluding hydrogens is 565 g/mol. The van der Waals surface area contributed by atoms with E-state index in [-0.39, 0.29) is 44.6 Å². The van der Waals surface area contributed by atoms with Gasteiger partial charge in [0.05, 0.1) is 55.7 Å².